The first-order valence-electron chi connectivity index (χ1n) is 12.6. The SMILES string of the molecule is O=C1CCC(Nc2cccc(NCc3nc(CNC45CC6CC(CC(C6)C4)C5)cs3)c2)C(=O)N1. The number of hydrogen-bond donors (Lipinski definition) is 4. The van der Waals surface area contributed by atoms with Crippen LogP contribution in [0.15, 0.2) is 29.6 Å². The van der Waals surface area contributed by atoms with Gasteiger partial charge in [-0.2, -0.15) is 0 Å². The van der Waals surface area contributed by atoms with Crippen LogP contribution in [0.5, 0.6) is 0 Å². The van der Waals surface area contributed by atoms with Crippen LogP contribution >= 0.6 is 11.3 Å². The molecule has 1 aromatic carbocycles. The van der Waals surface area contributed by atoms with Crippen molar-refractivity contribution >= 4 is 34.5 Å². The molecule has 5 aliphatic rings. The number of imide groups is 1. The van der Waals surface area contributed by atoms with Gasteiger partial charge in [-0.05, 0) is 80.9 Å². The number of nitrogens with one attached hydrogen (secondary N) is 4. The van der Waals surface area contributed by atoms with Crippen molar-refractivity contribution < 1.29 is 9.59 Å². The zero-order chi connectivity index (χ0) is 23.1. The number of rotatable bonds is 8. The predicted octanol–water partition coefficient (Wildman–Crippen LogP) is 4.03. The number of carbonyl (C=O) groups is 2. The first-order valence-corrected chi connectivity index (χ1v) is 13.5. The van der Waals surface area contributed by atoms with E-state index in [1.54, 1.807) is 11.3 Å². The Morgan fingerprint density at radius 2 is 1.76 bits per heavy atom. The third-order valence-electron chi connectivity index (χ3n) is 8.17. The molecule has 1 saturated heterocycles. The maximum Gasteiger partial charge on any atom is 0.249 e. The molecule has 8 heteroatoms. The molecule has 1 aromatic heterocycles. The van der Waals surface area contributed by atoms with Crippen LogP contribution in [0.1, 0.15) is 62.1 Å². The number of hydrogen-bond acceptors (Lipinski definition) is 7. The Morgan fingerprint density at radius 3 is 2.50 bits per heavy atom. The molecule has 2 amide bonds. The smallest absolute Gasteiger partial charge is 0.249 e. The fraction of sp³-hybridized carbons (Fsp3) is 0.577. The number of piperidine rings is 1. The summed E-state index contributed by atoms with van der Waals surface area (Å²) in [6.07, 6.45) is 9.38. The van der Waals surface area contributed by atoms with Gasteiger partial charge in [0.05, 0.1) is 12.2 Å². The molecule has 4 N–H and O–H groups in total. The van der Waals surface area contributed by atoms with Gasteiger partial charge in [0.25, 0.3) is 0 Å². The summed E-state index contributed by atoms with van der Waals surface area (Å²) in [6, 6.07) is 7.52. The Kier molecular flexibility index (Phi) is 5.81. The van der Waals surface area contributed by atoms with Gasteiger partial charge in [-0.3, -0.25) is 14.9 Å². The number of nitrogens with zero attached hydrogens (tertiary/aromatic N) is 1. The Bertz CT molecular complexity index is 1050. The van der Waals surface area contributed by atoms with Gasteiger partial charge in [0.15, 0.2) is 0 Å². The summed E-state index contributed by atoms with van der Waals surface area (Å²) in [5.74, 6) is 2.40. The molecule has 5 fully saturated rings. The van der Waals surface area contributed by atoms with Crippen LogP contribution in [0, 0.1) is 17.8 Å². The van der Waals surface area contributed by atoms with E-state index in [2.05, 4.69) is 26.6 Å². The van der Waals surface area contributed by atoms with Crippen LogP contribution in [0.2, 0.25) is 0 Å². The van der Waals surface area contributed by atoms with Gasteiger partial charge < -0.3 is 16.0 Å². The molecule has 0 radical (unpaired) electrons. The lowest BCUT2D eigenvalue weighted by Crippen LogP contribution is -2.58. The van der Waals surface area contributed by atoms with Gasteiger partial charge in [0.1, 0.15) is 11.0 Å². The predicted molar refractivity (Wildman–Crippen MR) is 133 cm³/mol. The number of carbonyl (C=O) groups excluding carboxylic acids is 2. The highest BCUT2D eigenvalue weighted by molar-refractivity contribution is 7.09. The van der Waals surface area contributed by atoms with Crippen LogP contribution in [0.4, 0.5) is 11.4 Å². The fourth-order valence-electron chi connectivity index (χ4n) is 7.05. The molecule has 0 spiro atoms. The second-order valence-corrected chi connectivity index (χ2v) is 11.8. The van der Waals surface area contributed by atoms with Crippen molar-refractivity contribution in [2.75, 3.05) is 10.6 Å². The minimum atomic E-state index is -0.379. The maximum absolute atomic E-state index is 12.0. The molecule has 34 heavy (non-hydrogen) atoms. The van der Waals surface area contributed by atoms with E-state index >= 15 is 0 Å². The number of thiazole rings is 1. The summed E-state index contributed by atoms with van der Waals surface area (Å²) in [7, 11) is 0. The van der Waals surface area contributed by atoms with E-state index < -0.39 is 0 Å². The number of aromatic nitrogens is 1. The van der Waals surface area contributed by atoms with Crippen LogP contribution < -0.4 is 21.3 Å². The van der Waals surface area contributed by atoms with Crippen molar-refractivity contribution in [3.05, 3.63) is 40.3 Å². The lowest BCUT2D eigenvalue weighted by molar-refractivity contribution is -0.133. The van der Waals surface area contributed by atoms with E-state index in [0.29, 0.717) is 24.9 Å². The first kappa shape index (κ1) is 22.0. The average Bonchev–Trinajstić information content (AvgIpc) is 3.26. The summed E-state index contributed by atoms with van der Waals surface area (Å²) in [6.45, 7) is 1.54. The molecule has 1 atom stereocenters. The monoisotopic (exact) mass is 479 g/mol. The van der Waals surface area contributed by atoms with Gasteiger partial charge in [0, 0.05) is 35.3 Å². The molecule has 7 rings (SSSR count). The fourth-order valence-corrected chi connectivity index (χ4v) is 7.78. The number of amides is 2. The van der Waals surface area contributed by atoms with Crippen molar-refractivity contribution in [2.45, 2.75) is 76.0 Å². The zero-order valence-corrected chi connectivity index (χ0v) is 20.3. The Balaban J connectivity index is 1.01. The standard InChI is InChI=1S/C26H33N5O2S/c32-23-5-4-22(25(33)31-23)29-20-3-1-2-19(9-20)27-14-24-30-21(15-34-24)13-28-26-10-16-6-17(11-26)8-18(7-16)12-26/h1-3,9,15-18,22,27-29H,4-8,10-14H2,(H,31,32,33). The van der Waals surface area contributed by atoms with E-state index in [9.17, 15) is 9.59 Å². The summed E-state index contributed by atoms with van der Waals surface area (Å²) in [4.78, 5) is 28.2. The van der Waals surface area contributed by atoms with Crippen LogP contribution in [-0.2, 0) is 22.7 Å². The van der Waals surface area contributed by atoms with Gasteiger partial charge in [0.2, 0.25) is 11.8 Å². The molecule has 7 nitrogen and oxygen atoms in total. The van der Waals surface area contributed by atoms with Crippen molar-refractivity contribution in [1.29, 1.82) is 0 Å². The molecular weight excluding hydrogens is 446 g/mol. The van der Waals surface area contributed by atoms with Gasteiger partial charge >= 0.3 is 0 Å². The summed E-state index contributed by atoms with van der Waals surface area (Å²) >= 11 is 1.70. The molecule has 2 heterocycles. The summed E-state index contributed by atoms with van der Waals surface area (Å²) in [5, 5.41) is 16.3. The highest BCUT2D eigenvalue weighted by atomic mass is 32.1. The minimum Gasteiger partial charge on any atom is -0.378 e. The number of benzene rings is 1. The topological polar surface area (TPSA) is 95.2 Å². The quantitative estimate of drug-likeness (QED) is 0.427. The van der Waals surface area contributed by atoms with Gasteiger partial charge in [-0.25, -0.2) is 4.98 Å². The maximum atomic E-state index is 12.0. The number of anilines is 2. The average molecular weight is 480 g/mol. The van der Waals surface area contributed by atoms with E-state index in [0.717, 1.165) is 46.4 Å². The zero-order valence-electron chi connectivity index (χ0n) is 19.4. The molecule has 1 unspecified atom stereocenters. The second-order valence-electron chi connectivity index (χ2n) is 10.9. The lowest BCUT2D eigenvalue weighted by atomic mass is 9.53. The van der Waals surface area contributed by atoms with Crippen LogP contribution in [-0.4, -0.2) is 28.4 Å². The third-order valence-corrected chi connectivity index (χ3v) is 9.07. The molecule has 4 saturated carbocycles. The van der Waals surface area contributed by atoms with E-state index in [-0.39, 0.29) is 17.9 Å². The molecule has 180 valence electrons. The highest BCUT2D eigenvalue weighted by Gasteiger charge is 2.50. The van der Waals surface area contributed by atoms with E-state index in [1.807, 2.05) is 24.3 Å². The van der Waals surface area contributed by atoms with Gasteiger partial charge in [-0.1, -0.05) is 6.07 Å². The third kappa shape index (κ3) is 4.70. The van der Waals surface area contributed by atoms with Crippen molar-refractivity contribution in [3.8, 4) is 0 Å². The Hall–Kier alpha value is -2.45. The van der Waals surface area contributed by atoms with Crippen LogP contribution in [0.25, 0.3) is 0 Å². The summed E-state index contributed by atoms with van der Waals surface area (Å²) in [5.41, 5.74) is 3.35. The largest absolute Gasteiger partial charge is 0.378 e. The Labute approximate surface area is 204 Å². The highest BCUT2D eigenvalue weighted by Crippen LogP contribution is 2.55. The van der Waals surface area contributed by atoms with E-state index in [4.69, 9.17) is 4.98 Å². The first-order chi connectivity index (χ1) is 16.5. The minimum absolute atomic E-state index is 0.200. The molecule has 2 aromatic rings. The van der Waals surface area contributed by atoms with E-state index in [1.165, 1.54) is 38.5 Å². The normalized spacial score (nSPS) is 32.0. The van der Waals surface area contributed by atoms with Crippen molar-refractivity contribution in [3.63, 3.8) is 0 Å². The van der Waals surface area contributed by atoms with Crippen molar-refractivity contribution in [1.82, 2.24) is 15.6 Å². The van der Waals surface area contributed by atoms with Crippen molar-refractivity contribution in [2.24, 2.45) is 17.8 Å². The summed E-state index contributed by atoms with van der Waals surface area (Å²) < 4.78 is 0. The molecular formula is C26H33N5O2S. The molecule has 1 aliphatic heterocycles. The molecule has 4 bridgehead atoms. The van der Waals surface area contributed by atoms with Gasteiger partial charge in [-0.15, -0.1) is 11.3 Å². The Morgan fingerprint density at radius 1 is 1.03 bits per heavy atom. The second kappa shape index (κ2) is 8.96. The lowest BCUT2D eigenvalue weighted by Gasteiger charge is -2.57. The van der Waals surface area contributed by atoms with Crippen LogP contribution in [0.3, 0.4) is 0 Å². The molecule has 4 aliphatic carbocycles.